The first-order valence-electron chi connectivity index (χ1n) is 6.30. The summed E-state index contributed by atoms with van der Waals surface area (Å²) in [5, 5.41) is 2.67. The predicted octanol–water partition coefficient (Wildman–Crippen LogP) is 2.52. The Morgan fingerprint density at radius 3 is 2.41 bits per heavy atom. The van der Waals surface area contributed by atoms with E-state index in [1.807, 2.05) is 27.7 Å². The van der Waals surface area contributed by atoms with Crippen molar-refractivity contribution in [2.24, 2.45) is 11.8 Å². The Morgan fingerprint density at radius 1 is 1.35 bits per heavy atom. The molecule has 0 aromatic carbocycles. The Labute approximate surface area is 103 Å². The molecule has 0 aromatic rings. The van der Waals surface area contributed by atoms with Crippen molar-refractivity contribution in [1.82, 2.24) is 5.32 Å². The van der Waals surface area contributed by atoms with Crippen LogP contribution < -0.4 is 5.32 Å². The third-order valence-corrected chi connectivity index (χ3v) is 2.71. The number of amides is 1. The SMILES string of the molecule is CC(CCNC(=O)OC(C)(C)C)C(=O)C1CC1. The molecule has 1 atom stereocenters. The highest BCUT2D eigenvalue weighted by Gasteiger charge is 2.32. The second kappa shape index (κ2) is 5.52. The summed E-state index contributed by atoms with van der Waals surface area (Å²) >= 11 is 0. The molecular formula is C13H23NO3. The molecule has 1 aliphatic rings. The molecule has 1 saturated carbocycles. The summed E-state index contributed by atoms with van der Waals surface area (Å²) in [4.78, 5) is 23.0. The Kier molecular flexibility index (Phi) is 4.54. The van der Waals surface area contributed by atoms with E-state index in [4.69, 9.17) is 4.74 Å². The van der Waals surface area contributed by atoms with E-state index >= 15 is 0 Å². The van der Waals surface area contributed by atoms with Crippen LogP contribution in [-0.2, 0) is 9.53 Å². The van der Waals surface area contributed by atoms with Crippen molar-refractivity contribution in [3.05, 3.63) is 0 Å². The number of carbonyl (C=O) groups is 2. The molecule has 1 fully saturated rings. The Balaban J connectivity index is 2.14. The van der Waals surface area contributed by atoms with Gasteiger partial charge in [0.1, 0.15) is 11.4 Å². The molecule has 1 N–H and O–H groups in total. The molecule has 1 amide bonds. The van der Waals surface area contributed by atoms with Gasteiger partial charge in [-0.05, 0) is 40.0 Å². The second-order valence-electron chi connectivity index (χ2n) is 5.80. The molecule has 17 heavy (non-hydrogen) atoms. The number of carbonyl (C=O) groups excluding carboxylic acids is 2. The highest BCUT2D eigenvalue weighted by molar-refractivity contribution is 5.85. The van der Waals surface area contributed by atoms with Crippen LogP contribution in [0.2, 0.25) is 0 Å². The minimum absolute atomic E-state index is 0.0393. The molecule has 4 heteroatoms. The van der Waals surface area contributed by atoms with Crippen LogP contribution in [0.3, 0.4) is 0 Å². The van der Waals surface area contributed by atoms with Crippen LogP contribution in [0.1, 0.15) is 47.0 Å². The Hall–Kier alpha value is -1.06. The molecule has 98 valence electrons. The Morgan fingerprint density at radius 2 is 1.94 bits per heavy atom. The number of ketones is 1. The number of nitrogens with one attached hydrogen (secondary N) is 1. The largest absolute Gasteiger partial charge is 0.444 e. The average molecular weight is 241 g/mol. The third-order valence-electron chi connectivity index (χ3n) is 2.71. The molecule has 0 aliphatic heterocycles. The smallest absolute Gasteiger partial charge is 0.407 e. The zero-order valence-electron chi connectivity index (χ0n) is 11.2. The second-order valence-corrected chi connectivity index (χ2v) is 5.80. The number of rotatable bonds is 5. The van der Waals surface area contributed by atoms with Crippen LogP contribution in [-0.4, -0.2) is 24.0 Å². The molecule has 1 rings (SSSR count). The summed E-state index contributed by atoms with van der Waals surface area (Å²) in [6.07, 6.45) is 2.36. The minimum Gasteiger partial charge on any atom is -0.444 e. The monoisotopic (exact) mass is 241 g/mol. The van der Waals surface area contributed by atoms with E-state index in [2.05, 4.69) is 5.32 Å². The van der Waals surface area contributed by atoms with Gasteiger partial charge < -0.3 is 10.1 Å². The van der Waals surface area contributed by atoms with E-state index in [-0.39, 0.29) is 5.92 Å². The summed E-state index contributed by atoms with van der Waals surface area (Å²) in [5.74, 6) is 0.681. The lowest BCUT2D eigenvalue weighted by atomic mass is 9.99. The number of hydrogen-bond donors (Lipinski definition) is 1. The van der Waals surface area contributed by atoms with Gasteiger partial charge in [0.25, 0.3) is 0 Å². The number of ether oxygens (including phenoxy) is 1. The van der Waals surface area contributed by atoms with E-state index in [9.17, 15) is 9.59 Å². The van der Waals surface area contributed by atoms with Gasteiger partial charge in [0, 0.05) is 18.4 Å². The van der Waals surface area contributed by atoms with Crippen molar-refractivity contribution < 1.29 is 14.3 Å². The van der Waals surface area contributed by atoms with Gasteiger partial charge in [-0.15, -0.1) is 0 Å². The molecule has 0 saturated heterocycles. The van der Waals surface area contributed by atoms with Gasteiger partial charge in [0.05, 0.1) is 0 Å². The van der Waals surface area contributed by atoms with E-state index in [1.54, 1.807) is 0 Å². The maximum atomic E-state index is 11.7. The third kappa shape index (κ3) is 5.71. The van der Waals surface area contributed by atoms with Crippen LogP contribution in [0.5, 0.6) is 0 Å². The number of hydrogen-bond acceptors (Lipinski definition) is 3. The van der Waals surface area contributed by atoms with Gasteiger partial charge >= 0.3 is 6.09 Å². The highest BCUT2D eigenvalue weighted by atomic mass is 16.6. The summed E-state index contributed by atoms with van der Waals surface area (Å²) < 4.78 is 5.10. The molecule has 1 unspecified atom stereocenters. The van der Waals surface area contributed by atoms with Crippen molar-refractivity contribution in [2.75, 3.05) is 6.54 Å². The van der Waals surface area contributed by atoms with Gasteiger partial charge in [-0.1, -0.05) is 6.92 Å². The van der Waals surface area contributed by atoms with Crippen LogP contribution in [0.25, 0.3) is 0 Å². The van der Waals surface area contributed by atoms with Crippen molar-refractivity contribution in [2.45, 2.75) is 52.6 Å². The van der Waals surface area contributed by atoms with Crippen molar-refractivity contribution in [3.8, 4) is 0 Å². The normalized spacial score (nSPS) is 17.4. The average Bonchev–Trinajstić information content (AvgIpc) is 2.96. The molecule has 0 spiro atoms. The molecule has 4 nitrogen and oxygen atoms in total. The molecule has 1 aliphatic carbocycles. The number of Topliss-reactive ketones (excluding diaryl/α,β-unsaturated/α-hetero) is 1. The first-order chi connectivity index (χ1) is 7.79. The molecule has 0 aromatic heterocycles. The first-order valence-corrected chi connectivity index (χ1v) is 6.30. The maximum Gasteiger partial charge on any atom is 0.407 e. The summed E-state index contributed by atoms with van der Waals surface area (Å²) in [5.41, 5.74) is -0.473. The summed E-state index contributed by atoms with van der Waals surface area (Å²) in [7, 11) is 0. The van der Waals surface area contributed by atoms with Crippen LogP contribution in [0.15, 0.2) is 0 Å². The van der Waals surface area contributed by atoms with E-state index in [0.717, 1.165) is 12.8 Å². The fraction of sp³-hybridized carbons (Fsp3) is 0.846. The lowest BCUT2D eigenvalue weighted by molar-refractivity contribution is -0.123. The van der Waals surface area contributed by atoms with E-state index in [0.29, 0.717) is 24.7 Å². The van der Waals surface area contributed by atoms with Crippen molar-refractivity contribution in [1.29, 1.82) is 0 Å². The standard InChI is InChI=1S/C13H23NO3/c1-9(11(15)10-5-6-10)7-8-14-12(16)17-13(2,3)4/h9-10H,5-8H2,1-4H3,(H,14,16). The predicted molar refractivity (Wildman–Crippen MR) is 65.7 cm³/mol. The Bertz CT molecular complexity index is 290. The van der Waals surface area contributed by atoms with Gasteiger partial charge in [-0.3, -0.25) is 4.79 Å². The fourth-order valence-corrected chi connectivity index (χ4v) is 1.62. The lowest BCUT2D eigenvalue weighted by Crippen LogP contribution is -2.34. The van der Waals surface area contributed by atoms with Crippen LogP contribution in [0, 0.1) is 11.8 Å². The van der Waals surface area contributed by atoms with Crippen molar-refractivity contribution >= 4 is 11.9 Å². The molecule has 0 radical (unpaired) electrons. The summed E-state index contributed by atoms with van der Waals surface area (Å²) in [6.45, 7) is 7.90. The first kappa shape index (κ1) is 14.0. The zero-order chi connectivity index (χ0) is 13.1. The highest BCUT2D eigenvalue weighted by Crippen LogP contribution is 2.32. The maximum absolute atomic E-state index is 11.7. The van der Waals surface area contributed by atoms with Gasteiger partial charge in [0.15, 0.2) is 0 Å². The lowest BCUT2D eigenvalue weighted by Gasteiger charge is -2.20. The molecule has 0 bridgehead atoms. The topological polar surface area (TPSA) is 55.4 Å². The molecule has 0 heterocycles. The fourth-order valence-electron chi connectivity index (χ4n) is 1.62. The number of alkyl carbamates (subject to hydrolysis) is 1. The van der Waals surface area contributed by atoms with Gasteiger partial charge in [-0.25, -0.2) is 4.79 Å². The van der Waals surface area contributed by atoms with E-state index in [1.165, 1.54) is 0 Å². The van der Waals surface area contributed by atoms with Gasteiger partial charge in [0.2, 0.25) is 0 Å². The van der Waals surface area contributed by atoms with Crippen LogP contribution >= 0.6 is 0 Å². The van der Waals surface area contributed by atoms with E-state index < -0.39 is 11.7 Å². The zero-order valence-corrected chi connectivity index (χ0v) is 11.2. The van der Waals surface area contributed by atoms with Crippen molar-refractivity contribution in [3.63, 3.8) is 0 Å². The van der Waals surface area contributed by atoms with Gasteiger partial charge in [-0.2, -0.15) is 0 Å². The molecular weight excluding hydrogens is 218 g/mol. The van der Waals surface area contributed by atoms with Crippen LogP contribution in [0.4, 0.5) is 4.79 Å². The quantitative estimate of drug-likeness (QED) is 0.804. The minimum atomic E-state index is -0.473. The summed E-state index contributed by atoms with van der Waals surface area (Å²) in [6, 6.07) is 0.